The van der Waals surface area contributed by atoms with Gasteiger partial charge in [0.05, 0.1) is 0 Å². The minimum atomic E-state index is -4.66. The molecule has 3 aromatic rings. The van der Waals surface area contributed by atoms with E-state index in [1.807, 2.05) is 43.3 Å². The SMILES string of the molecule is Cc1ccc2c(c1OCc1ccccc1)CC(C(=O)O)N(C(=O)C(OCC(F)(F)F)c1ccccc1)C2. The molecule has 2 atom stereocenters. The molecule has 0 saturated carbocycles. The molecule has 1 heterocycles. The van der Waals surface area contributed by atoms with Crippen molar-refractivity contribution in [3.05, 3.63) is 101 Å². The summed E-state index contributed by atoms with van der Waals surface area (Å²) in [7, 11) is 0. The molecule has 3 aromatic carbocycles. The molecular formula is C28H26F3NO5. The number of benzene rings is 3. The molecule has 0 spiro atoms. The topological polar surface area (TPSA) is 76.1 Å². The largest absolute Gasteiger partial charge is 0.488 e. The minimum Gasteiger partial charge on any atom is -0.488 e. The van der Waals surface area contributed by atoms with Crippen LogP contribution in [0.3, 0.4) is 0 Å². The number of carboxylic acid groups (broad SMARTS) is 1. The zero-order valence-electron chi connectivity index (χ0n) is 20.1. The first-order valence-electron chi connectivity index (χ1n) is 11.7. The molecule has 37 heavy (non-hydrogen) atoms. The maximum atomic E-state index is 13.5. The standard InChI is InChI=1S/C28H26F3NO5/c1-18-12-13-21-15-32(26(33)25(37-17-28(29,30)31)20-10-6-3-7-11-20)23(27(34)35)14-22(21)24(18)36-16-19-8-4-2-5-9-19/h2-13,23,25H,14-17H2,1H3,(H,34,35). The van der Waals surface area contributed by atoms with E-state index in [1.165, 1.54) is 12.1 Å². The van der Waals surface area contributed by atoms with Crippen molar-refractivity contribution in [3.8, 4) is 5.75 Å². The molecule has 0 radical (unpaired) electrons. The fourth-order valence-corrected chi connectivity index (χ4v) is 4.40. The lowest BCUT2D eigenvalue weighted by molar-refractivity contribution is -0.193. The highest BCUT2D eigenvalue weighted by molar-refractivity contribution is 5.88. The Morgan fingerprint density at radius 1 is 1.03 bits per heavy atom. The average Bonchev–Trinajstić information content (AvgIpc) is 2.88. The summed E-state index contributed by atoms with van der Waals surface area (Å²) >= 11 is 0. The summed E-state index contributed by atoms with van der Waals surface area (Å²) in [4.78, 5) is 26.9. The fraction of sp³-hybridized carbons (Fsp3) is 0.286. The van der Waals surface area contributed by atoms with Gasteiger partial charge in [-0.3, -0.25) is 4.79 Å². The van der Waals surface area contributed by atoms with E-state index in [2.05, 4.69) is 0 Å². The first-order chi connectivity index (χ1) is 17.6. The number of carbonyl (C=O) groups excluding carboxylic acids is 1. The lowest BCUT2D eigenvalue weighted by Gasteiger charge is -2.37. The molecule has 1 aliphatic heterocycles. The number of carboxylic acids is 1. The van der Waals surface area contributed by atoms with Crippen LogP contribution in [0.1, 0.15) is 33.9 Å². The van der Waals surface area contributed by atoms with Crippen LogP contribution in [0.5, 0.6) is 5.75 Å². The maximum absolute atomic E-state index is 13.5. The van der Waals surface area contributed by atoms with Crippen LogP contribution in [0.25, 0.3) is 0 Å². The number of aryl methyl sites for hydroxylation is 1. The quantitative estimate of drug-likeness (QED) is 0.446. The third-order valence-corrected chi connectivity index (χ3v) is 6.20. The summed E-state index contributed by atoms with van der Waals surface area (Å²) in [6.45, 7) is 0.382. The van der Waals surface area contributed by atoms with Gasteiger partial charge in [-0.05, 0) is 29.2 Å². The Morgan fingerprint density at radius 3 is 2.30 bits per heavy atom. The molecule has 0 saturated heterocycles. The van der Waals surface area contributed by atoms with Gasteiger partial charge in [0.25, 0.3) is 5.91 Å². The van der Waals surface area contributed by atoms with Crippen LogP contribution in [-0.4, -0.2) is 40.7 Å². The van der Waals surface area contributed by atoms with Crippen LogP contribution in [0.4, 0.5) is 13.2 Å². The normalized spacial score (nSPS) is 16.1. The highest BCUT2D eigenvalue weighted by Crippen LogP contribution is 2.36. The van der Waals surface area contributed by atoms with Crippen molar-refractivity contribution in [3.63, 3.8) is 0 Å². The van der Waals surface area contributed by atoms with Crippen LogP contribution in [0.15, 0.2) is 72.8 Å². The molecule has 6 nitrogen and oxygen atoms in total. The van der Waals surface area contributed by atoms with Crippen LogP contribution in [-0.2, 0) is 33.9 Å². The number of aliphatic carboxylic acids is 1. The van der Waals surface area contributed by atoms with E-state index >= 15 is 0 Å². The second kappa shape index (κ2) is 11.0. The van der Waals surface area contributed by atoms with Gasteiger partial charge >= 0.3 is 12.1 Å². The molecule has 2 unspecified atom stereocenters. The van der Waals surface area contributed by atoms with Gasteiger partial charge in [-0.1, -0.05) is 72.8 Å². The zero-order valence-corrected chi connectivity index (χ0v) is 20.1. The van der Waals surface area contributed by atoms with Gasteiger partial charge in [0.2, 0.25) is 0 Å². The van der Waals surface area contributed by atoms with Crippen molar-refractivity contribution in [2.75, 3.05) is 6.61 Å². The Bertz CT molecular complexity index is 1250. The summed E-state index contributed by atoms with van der Waals surface area (Å²) in [5, 5.41) is 10.0. The first kappa shape index (κ1) is 26.2. The van der Waals surface area contributed by atoms with Gasteiger partial charge in [0.1, 0.15) is 25.0 Å². The zero-order chi connectivity index (χ0) is 26.6. The Morgan fingerprint density at radius 2 is 1.68 bits per heavy atom. The highest BCUT2D eigenvalue weighted by atomic mass is 19.4. The Hall–Kier alpha value is -3.85. The van der Waals surface area contributed by atoms with Crippen molar-refractivity contribution in [2.45, 2.75) is 44.8 Å². The number of ether oxygens (including phenoxy) is 2. The van der Waals surface area contributed by atoms with Gasteiger partial charge in [-0.2, -0.15) is 13.2 Å². The minimum absolute atomic E-state index is 0.0526. The first-order valence-corrected chi connectivity index (χ1v) is 11.7. The van der Waals surface area contributed by atoms with Gasteiger partial charge in [-0.25, -0.2) is 4.79 Å². The molecule has 1 aliphatic rings. The molecule has 9 heteroatoms. The van der Waals surface area contributed by atoms with Crippen molar-refractivity contribution in [1.29, 1.82) is 0 Å². The number of rotatable bonds is 8. The molecular weight excluding hydrogens is 487 g/mol. The Kier molecular flexibility index (Phi) is 7.83. The summed E-state index contributed by atoms with van der Waals surface area (Å²) in [5.41, 5.74) is 3.30. The van der Waals surface area contributed by atoms with Crippen molar-refractivity contribution >= 4 is 11.9 Å². The van der Waals surface area contributed by atoms with Crippen LogP contribution < -0.4 is 4.74 Å². The van der Waals surface area contributed by atoms with E-state index < -0.39 is 36.8 Å². The Labute approximate surface area is 212 Å². The summed E-state index contributed by atoms with van der Waals surface area (Å²) < 4.78 is 50.0. The number of nitrogens with zero attached hydrogens (tertiary/aromatic N) is 1. The molecule has 1 amide bonds. The molecule has 0 aromatic heterocycles. The molecule has 4 rings (SSSR count). The average molecular weight is 514 g/mol. The van der Waals surface area contributed by atoms with Gasteiger partial charge in [0, 0.05) is 18.5 Å². The maximum Gasteiger partial charge on any atom is 0.411 e. The van der Waals surface area contributed by atoms with Gasteiger partial charge < -0.3 is 19.5 Å². The summed E-state index contributed by atoms with van der Waals surface area (Å²) in [6.07, 6.45) is -6.31. The predicted octanol–water partition coefficient (Wildman–Crippen LogP) is 5.23. The van der Waals surface area contributed by atoms with E-state index in [9.17, 15) is 27.9 Å². The van der Waals surface area contributed by atoms with Crippen molar-refractivity contribution in [1.82, 2.24) is 4.90 Å². The van der Waals surface area contributed by atoms with E-state index in [0.29, 0.717) is 16.9 Å². The number of hydrogen-bond donors (Lipinski definition) is 1. The van der Waals surface area contributed by atoms with Crippen LogP contribution in [0.2, 0.25) is 0 Å². The molecule has 0 bridgehead atoms. The van der Waals surface area contributed by atoms with E-state index in [1.54, 1.807) is 24.3 Å². The smallest absolute Gasteiger partial charge is 0.411 e. The van der Waals surface area contributed by atoms with Crippen molar-refractivity contribution in [2.24, 2.45) is 0 Å². The monoisotopic (exact) mass is 513 g/mol. The van der Waals surface area contributed by atoms with Gasteiger partial charge in [-0.15, -0.1) is 0 Å². The lowest BCUT2D eigenvalue weighted by atomic mass is 9.90. The molecule has 0 aliphatic carbocycles. The number of alkyl halides is 3. The third-order valence-electron chi connectivity index (χ3n) is 6.20. The van der Waals surface area contributed by atoms with Crippen molar-refractivity contribution < 1.29 is 37.3 Å². The van der Waals surface area contributed by atoms with Gasteiger partial charge in [0.15, 0.2) is 6.10 Å². The summed E-state index contributed by atoms with van der Waals surface area (Å²) in [6, 6.07) is 19.6. The van der Waals surface area contributed by atoms with Crippen LogP contribution >= 0.6 is 0 Å². The predicted molar refractivity (Wildman–Crippen MR) is 129 cm³/mol. The second-order valence-corrected chi connectivity index (χ2v) is 8.86. The van der Waals surface area contributed by atoms with E-state index in [4.69, 9.17) is 9.47 Å². The second-order valence-electron chi connectivity index (χ2n) is 8.86. The number of carbonyl (C=O) groups is 2. The number of halogens is 3. The van der Waals surface area contributed by atoms with E-state index in [-0.39, 0.29) is 25.1 Å². The molecule has 194 valence electrons. The highest BCUT2D eigenvalue weighted by Gasteiger charge is 2.41. The lowest BCUT2D eigenvalue weighted by Crippen LogP contribution is -2.50. The summed E-state index contributed by atoms with van der Waals surface area (Å²) in [5.74, 6) is -1.56. The Balaban J connectivity index is 1.65. The number of hydrogen-bond acceptors (Lipinski definition) is 4. The number of amides is 1. The molecule has 0 fully saturated rings. The fourth-order valence-electron chi connectivity index (χ4n) is 4.40. The van der Waals surface area contributed by atoms with Crippen LogP contribution in [0, 0.1) is 6.92 Å². The molecule has 1 N–H and O–H groups in total. The number of fused-ring (bicyclic) bond motifs is 1. The van der Waals surface area contributed by atoms with E-state index in [0.717, 1.165) is 16.0 Å². The third kappa shape index (κ3) is 6.29.